The molecule has 0 aromatic rings. The van der Waals surface area contributed by atoms with Crippen molar-refractivity contribution in [3.05, 3.63) is 0 Å². The van der Waals surface area contributed by atoms with Crippen LogP contribution in [0.2, 0.25) is 0 Å². The zero-order valence-corrected chi connectivity index (χ0v) is 46.6. The zero-order valence-electron chi connectivity index (χ0n) is 46.6. The fourth-order valence-electron chi connectivity index (χ4n) is 13.1. The number of esters is 6. The fraction of sp³-hybridized carbons (Fsp3) is 0.897. The maximum atomic E-state index is 12.4. The number of hydrogen-bond donors (Lipinski definition) is 0. The molecule has 6 aliphatic carbocycles. The maximum Gasteiger partial charge on any atom is 0.309 e. The lowest BCUT2D eigenvalue weighted by Gasteiger charge is -2.27. The van der Waals surface area contributed by atoms with Crippen molar-refractivity contribution in [1.29, 1.82) is 0 Å². The highest BCUT2D eigenvalue weighted by atomic mass is 16.6. The van der Waals surface area contributed by atoms with Crippen LogP contribution in [0.1, 0.15) is 178 Å². The van der Waals surface area contributed by atoms with Crippen LogP contribution in [-0.4, -0.2) is 145 Å². The molecule has 0 spiro atoms. The van der Waals surface area contributed by atoms with Gasteiger partial charge in [-0.2, -0.15) is 0 Å². The van der Waals surface area contributed by atoms with Crippen LogP contribution in [0, 0.1) is 40.9 Å². The van der Waals surface area contributed by atoms with E-state index in [2.05, 4.69) is 41.5 Å². The van der Waals surface area contributed by atoms with Gasteiger partial charge in [0.1, 0.15) is 25.9 Å². The Morgan fingerprint density at radius 2 is 0.632 bits per heavy atom. The summed E-state index contributed by atoms with van der Waals surface area (Å²) in [5.41, 5.74) is -0.371. The monoisotopic (exact) mass is 1070 g/mol. The SMILES string of the molecule is CC(C)(COC(=O)C1CCC2(C)OC2C1)COC(=O)C1CCC2(C)OC2C1.CC(COC(=O)C1CCC2(C)OC2C1)OC(=O)C1CCC2(C)OC2C1.CC12CCC(C(=O)OCCOC(=O)C3CCC4(C)OC4C3)CC1O2. The molecule has 19 unspecified atom stereocenters. The summed E-state index contributed by atoms with van der Waals surface area (Å²) in [5, 5.41) is 0. The van der Waals surface area contributed by atoms with E-state index in [9.17, 15) is 28.8 Å². The lowest BCUT2D eigenvalue weighted by molar-refractivity contribution is -0.164. The molecule has 18 heteroatoms. The molecule has 0 N–H and O–H groups in total. The minimum absolute atomic E-state index is 0.000723. The average molecular weight is 1070 g/mol. The Kier molecular flexibility index (Phi) is 15.4. The number of ether oxygens (including phenoxy) is 12. The molecule has 0 amide bonds. The molecule has 12 fully saturated rings. The van der Waals surface area contributed by atoms with Gasteiger partial charge in [0.05, 0.1) is 119 Å². The highest BCUT2D eigenvalue weighted by molar-refractivity contribution is 5.75. The van der Waals surface area contributed by atoms with Crippen LogP contribution in [0.3, 0.4) is 0 Å². The summed E-state index contributed by atoms with van der Waals surface area (Å²) >= 11 is 0. The summed E-state index contributed by atoms with van der Waals surface area (Å²) in [7, 11) is 0. The van der Waals surface area contributed by atoms with Crippen molar-refractivity contribution in [2.45, 2.75) is 254 Å². The van der Waals surface area contributed by atoms with Gasteiger partial charge in [0.2, 0.25) is 0 Å². The Balaban J connectivity index is 0.000000130. The predicted octanol–water partition coefficient (Wildman–Crippen LogP) is 7.38. The molecule has 426 valence electrons. The normalized spacial score (nSPS) is 44.5. The molecule has 0 radical (unpaired) electrons. The largest absolute Gasteiger partial charge is 0.465 e. The van der Waals surface area contributed by atoms with Gasteiger partial charge in [0, 0.05) is 5.41 Å². The molecule has 6 saturated heterocycles. The van der Waals surface area contributed by atoms with Crippen molar-refractivity contribution in [2.24, 2.45) is 40.9 Å². The minimum atomic E-state index is -0.420. The third-order valence-electron chi connectivity index (χ3n) is 19.7. The molecule has 6 saturated carbocycles. The molecule has 0 aromatic carbocycles. The highest BCUT2D eigenvalue weighted by Crippen LogP contribution is 2.54. The summed E-state index contributed by atoms with van der Waals surface area (Å²) in [6, 6.07) is 0. The summed E-state index contributed by atoms with van der Waals surface area (Å²) in [6.07, 6.45) is 15.7. The van der Waals surface area contributed by atoms with E-state index in [1.165, 1.54) is 0 Å². The second-order valence-corrected chi connectivity index (χ2v) is 26.9. The first-order valence-electron chi connectivity index (χ1n) is 28.9. The molecule has 0 bridgehead atoms. The van der Waals surface area contributed by atoms with Crippen molar-refractivity contribution in [3.63, 3.8) is 0 Å². The molecule has 6 heterocycles. The molecule has 19 atom stereocenters. The number of rotatable bonds is 16. The molecule has 0 aromatic heterocycles. The Bertz CT molecular complexity index is 2140. The van der Waals surface area contributed by atoms with Crippen LogP contribution in [0.4, 0.5) is 0 Å². The highest BCUT2D eigenvalue weighted by Gasteiger charge is 2.61. The standard InChI is InChI=1S/C21H32O6.C19H28O6.C18H26O6/c1-19(2,11-24-17(22)13-5-7-20(3)15(9-13)26-20)12-25-18(23)14-6-8-21(4)16(10-14)27-21;1-11(23-17(21)13-5-7-19(3)15(9-13)25-19)10-22-16(20)12-4-6-18(2)14(8-12)24-18;1-17-5-3-11(9-13(17)23-17)15(19)21-7-8-22-16(20)12-4-6-18(2)14(10-12)24-18/h13-16H,5-12H2,1-4H3;11-15H,4-10H2,1-3H3;11-14H,3-10H2,1-2H3. The van der Waals surface area contributed by atoms with Gasteiger partial charge >= 0.3 is 35.8 Å². The summed E-state index contributed by atoms with van der Waals surface area (Å²) in [5.74, 6) is -1.55. The third-order valence-corrected chi connectivity index (χ3v) is 19.7. The summed E-state index contributed by atoms with van der Waals surface area (Å²) in [4.78, 5) is 73.3. The van der Waals surface area contributed by atoms with E-state index in [4.69, 9.17) is 56.8 Å². The van der Waals surface area contributed by atoms with Crippen LogP contribution in [0.5, 0.6) is 0 Å². The molecular formula is C58H86O18. The summed E-state index contributed by atoms with van der Waals surface area (Å²) < 4.78 is 66.3. The van der Waals surface area contributed by atoms with Gasteiger partial charge in [-0.15, -0.1) is 0 Å². The Morgan fingerprint density at radius 1 is 0.395 bits per heavy atom. The predicted molar refractivity (Wildman–Crippen MR) is 268 cm³/mol. The van der Waals surface area contributed by atoms with E-state index in [0.29, 0.717) is 0 Å². The van der Waals surface area contributed by atoms with E-state index in [1.54, 1.807) is 6.92 Å². The molecule has 6 aliphatic heterocycles. The quantitative estimate of drug-likeness (QED) is 0.0635. The van der Waals surface area contributed by atoms with Gasteiger partial charge in [-0.05, 0) is 164 Å². The van der Waals surface area contributed by atoms with Gasteiger partial charge in [-0.25, -0.2) is 0 Å². The van der Waals surface area contributed by atoms with Crippen LogP contribution < -0.4 is 0 Å². The van der Waals surface area contributed by atoms with Crippen molar-refractivity contribution in [2.75, 3.05) is 33.0 Å². The van der Waals surface area contributed by atoms with Gasteiger partial charge in [-0.3, -0.25) is 28.8 Å². The van der Waals surface area contributed by atoms with Gasteiger partial charge in [-0.1, -0.05) is 13.8 Å². The van der Waals surface area contributed by atoms with E-state index in [-0.39, 0.29) is 175 Å². The molecule has 12 rings (SSSR count). The average Bonchev–Trinajstić information content (AvgIpc) is 4.10. The Morgan fingerprint density at radius 3 is 0.895 bits per heavy atom. The van der Waals surface area contributed by atoms with E-state index >= 15 is 0 Å². The zero-order chi connectivity index (χ0) is 54.2. The lowest BCUT2D eigenvalue weighted by atomic mass is 9.83. The van der Waals surface area contributed by atoms with E-state index in [1.807, 2.05) is 13.8 Å². The van der Waals surface area contributed by atoms with Crippen LogP contribution in [0.25, 0.3) is 0 Å². The summed E-state index contributed by atoms with van der Waals surface area (Å²) in [6.45, 7) is 19.2. The van der Waals surface area contributed by atoms with Crippen LogP contribution >= 0.6 is 0 Å². The van der Waals surface area contributed by atoms with Crippen LogP contribution in [-0.2, 0) is 85.6 Å². The molecular weight excluding hydrogens is 985 g/mol. The van der Waals surface area contributed by atoms with Crippen molar-refractivity contribution < 1.29 is 85.6 Å². The van der Waals surface area contributed by atoms with Gasteiger partial charge in [0.25, 0.3) is 0 Å². The smallest absolute Gasteiger partial charge is 0.309 e. The number of hydrogen-bond acceptors (Lipinski definition) is 18. The van der Waals surface area contributed by atoms with Crippen molar-refractivity contribution in [3.8, 4) is 0 Å². The fourth-order valence-corrected chi connectivity index (χ4v) is 13.1. The lowest BCUT2D eigenvalue weighted by Crippen LogP contribution is -2.34. The second-order valence-electron chi connectivity index (χ2n) is 26.9. The number of epoxide rings is 6. The number of carbonyl (C=O) groups is 6. The van der Waals surface area contributed by atoms with Crippen LogP contribution in [0.15, 0.2) is 0 Å². The van der Waals surface area contributed by atoms with E-state index < -0.39 is 11.5 Å². The number of fused-ring (bicyclic) bond motifs is 6. The minimum Gasteiger partial charge on any atom is -0.465 e. The van der Waals surface area contributed by atoms with Crippen molar-refractivity contribution in [1.82, 2.24) is 0 Å². The maximum absolute atomic E-state index is 12.4. The van der Waals surface area contributed by atoms with E-state index in [0.717, 1.165) is 116 Å². The molecule has 76 heavy (non-hydrogen) atoms. The molecule has 12 aliphatic rings. The second kappa shape index (κ2) is 20.9. The Hall–Kier alpha value is -3.42. The first-order valence-corrected chi connectivity index (χ1v) is 28.9. The Labute approximate surface area is 448 Å². The third kappa shape index (κ3) is 12.9. The van der Waals surface area contributed by atoms with Gasteiger partial charge in [0.15, 0.2) is 0 Å². The van der Waals surface area contributed by atoms with Gasteiger partial charge < -0.3 is 56.8 Å². The first kappa shape index (κ1) is 55.9. The van der Waals surface area contributed by atoms with Crippen molar-refractivity contribution >= 4 is 35.8 Å². The molecule has 18 nitrogen and oxygen atoms in total. The first-order chi connectivity index (χ1) is 35.8. The number of carbonyl (C=O) groups excluding carboxylic acids is 6. The topological polar surface area (TPSA) is 233 Å².